The second kappa shape index (κ2) is 10.8. The van der Waals surface area contributed by atoms with Crippen LogP contribution < -0.4 is 20.1 Å². The molecule has 3 N–H and O–H groups in total. The van der Waals surface area contributed by atoms with Crippen LogP contribution in [-0.4, -0.2) is 47.2 Å². The van der Waals surface area contributed by atoms with Gasteiger partial charge in [0.05, 0.1) is 10.4 Å². The Balaban J connectivity index is 1.50. The molecule has 5 rings (SSSR count). The first-order chi connectivity index (χ1) is 18.6. The van der Waals surface area contributed by atoms with Gasteiger partial charge in [-0.05, 0) is 70.8 Å². The second-order valence-corrected chi connectivity index (χ2v) is 13.2. The monoisotopic (exact) mass is 546 g/mol. The molecule has 10 heteroatoms. The number of benzene rings is 2. The topological polar surface area (TPSA) is 118 Å². The molecule has 1 aliphatic rings. The van der Waals surface area contributed by atoms with Gasteiger partial charge in [0.25, 0.3) is 0 Å². The molecule has 204 valence electrons. The standard InChI is InChI=1S/C29H34N6O3S/c1-19-16-24(35-39(36,37)29(2,3)4)22-9-5-6-10-23(22)27(19)38-28-26(32-14-15-33-28)20-11-13-31-25(17-20)34-21-8-7-12-30-18-21/h5-6,9-11,13-17,21,30,35H,7-8,12,18H2,1-4H3,(H,31,34)/t21-/m0/s1. The molecule has 0 unspecified atom stereocenters. The zero-order chi connectivity index (χ0) is 27.6. The Morgan fingerprint density at radius 1 is 1.00 bits per heavy atom. The van der Waals surface area contributed by atoms with E-state index in [1.54, 1.807) is 45.4 Å². The summed E-state index contributed by atoms with van der Waals surface area (Å²) in [5, 5.41) is 8.42. The molecule has 0 amide bonds. The quantitative estimate of drug-likeness (QED) is 0.278. The minimum Gasteiger partial charge on any atom is -0.436 e. The van der Waals surface area contributed by atoms with Crippen LogP contribution in [0.2, 0.25) is 0 Å². The highest BCUT2D eigenvalue weighted by Gasteiger charge is 2.30. The van der Waals surface area contributed by atoms with Crippen molar-refractivity contribution < 1.29 is 13.2 Å². The number of pyridine rings is 1. The molecule has 0 aliphatic carbocycles. The molecule has 3 heterocycles. The number of nitrogens with zero attached hydrogens (tertiary/aromatic N) is 3. The number of rotatable bonds is 7. The maximum atomic E-state index is 12.9. The zero-order valence-corrected chi connectivity index (χ0v) is 23.5. The fraction of sp³-hybridized carbons (Fsp3) is 0.345. The molecular weight excluding hydrogens is 512 g/mol. The summed E-state index contributed by atoms with van der Waals surface area (Å²) in [4.78, 5) is 13.6. The van der Waals surface area contributed by atoms with E-state index >= 15 is 0 Å². The number of sulfonamides is 1. The van der Waals surface area contributed by atoms with Crippen LogP contribution in [0.1, 0.15) is 39.2 Å². The van der Waals surface area contributed by atoms with Gasteiger partial charge in [-0.15, -0.1) is 0 Å². The Kier molecular flexibility index (Phi) is 7.42. The Morgan fingerprint density at radius 2 is 1.77 bits per heavy atom. The Bertz CT molecular complexity index is 1590. The molecule has 1 aliphatic heterocycles. The van der Waals surface area contributed by atoms with Crippen molar-refractivity contribution >= 4 is 32.3 Å². The molecule has 9 nitrogen and oxygen atoms in total. The van der Waals surface area contributed by atoms with Crippen molar-refractivity contribution in [1.29, 1.82) is 0 Å². The fourth-order valence-corrected chi connectivity index (χ4v) is 5.31. The molecule has 4 aromatic rings. The number of nitrogens with one attached hydrogen (secondary N) is 3. The summed E-state index contributed by atoms with van der Waals surface area (Å²) in [7, 11) is -3.62. The summed E-state index contributed by atoms with van der Waals surface area (Å²) in [6, 6.07) is 13.5. The van der Waals surface area contributed by atoms with Crippen molar-refractivity contribution in [3.8, 4) is 22.9 Å². The van der Waals surface area contributed by atoms with E-state index in [2.05, 4.69) is 30.3 Å². The van der Waals surface area contributed by atoms with Crippen molar-refractivity contribution in [3.05, 3.63) is 66.6 Å². The molecule has 0 radical (unpaired) electrons. The smallest absolute Gasteiger partial charge is 0.246 e. The first kappa shape index (κ1) is 26.8. The first-order valence-corrected chi connectivity index (χ1v) is 14.6. The lowest BCUT2D eigenvalue weighted by molar-refractivity contribution is 0.464. The molecule has 1 fully saturated rings. The van der Waals surface area contributed by atoms with E-state index in [4.69, 9.17) is 4.74 Å². The van der Waals surface area contributed by atoms with Crippen LogP contribution in [0.5, 0.6) is 11.6 Å². The first-order valence-electron chi connectivity index (χ1n) is 13.1. The lowest BCUT2D eigenvalue weighted by atomic mass is 10.0. The highest BCUT2D eigenvalue weighted by molar-refractivity contribution is 7.94. The molecule has 39 heavy (non-hydrogen) atoms. The average molecular weight is 547 g/mol. The summed E-state index contributed by atoms with van der Waals surface area (Å²) in [5.74, 6) is 1.71. The van der Waals surface area contributed by atoms with Gasteiger partial charge in [-0.3, -0.25) is 4.72 Å². The van der Waals surface area contributed by atoms with Crippen LogP contribution >= 0.6 is 0 Å². The van der Waals surface area contributed by atoms with Gasteiger partial charge in [0.2, 0.25) is 15.9 Å². The Labute approximate surface area is 229 Å². The third kappa shape index (κ3) is 5.81. The SMILES string of the molecule is Cc1cc(NS(=O)(=O)C(C)(C)C)c2ccccc2c1Oc1nccnc1-c1ccnc(N[C@H]2CCCNC2)c1. The van der Waals surface area contributed by atoms with Crippen molar-refractivity contribution in [2.75, 3.05) is 23.1 Å². The van der Waals surface area contributed by atoms with Gasteiger partial charge < -0.3 is 15.4 Å². The molecule has 0 spiro atoms. The van der Waals surface area contributed by atoms with Crippen LogP contribution in [0, 0.1) is 6.92 Å². The second-order valence-electron chi connectivity index (χ2n) is 10.8. The van der Waals surface area contributed by atoms with Gasteiger partial charge >= 0.3 is 0 Å². The lowest BCUT2D eigenvalue weighted by Gasteiger charge is -2.24. The van der Waals surface area contributed by atoms with E-state index in [9.17, 15) is 8.42 Å². The molecule has 1 atom stereocenters. The molecular formula is C29H34N6O3S. The van der Waals surface area contributed by atoms with Crippen molar-refractivity contribution in [3.63, 3.8) is 0 Å². The minimum atomic E-state index is -3.62. The van der Waals surface area contributed by atoms with Gasteiger partial charge in [-0.2, -0.15) is 0 Å². The van der Waals surface area contributed by atoms with E-state index in [1.165, 1.54) is 0 Å². The van der Waals surface area contributed by atoms with Gasteiger partial charge in [-0.25, -0.2) is 23.4 Å². The number of ether oxygens (including phenoxy) is 1. The normalized spacial score (nSPS) is 16.2. The van der Waals surface area contributed by atoms with E-state index in [0.717, 1.165) is 53.6 Å². The maximum absolute atomic E-state index is 12.9. The van der Waals surface area contributed by atoms with Gasteiger partial charge in [0.1, 0.15) is 17.3 Å². The third-order valence-corrected chi connectivity index (χ3v) is 8.88. The van der Waals surface area contributed by atoms with E-state index in [-0.39, 0.29) is 0 Å². The van der Waals surface area contributed by atoms with Crippen LogP contribution in [0.4, 0.5) is 11.5 Å². The fourth-order valence-electron chi connectivity index (χ4n) is 4.54. The summed E-state index contributed by atoms with van der Waals surface area (Å²) < 4.78 is 34.1. The third-order valence-electron chi connectivity index (χ3n) is 6.78. The molecule has 0 saturated carbocycles. The molecule has 2 aromatic heterocycles. The summed E-state index contributed by atoms with van der Waals surface area (Å²) in [6.45, 7) is 8.85. The number of hydrogen-bond acceptors (Lipinski definition) is 8. The molecule has 2 aromatic carbocycles. The predicted molar refractivity (Wildman–Crippen MR) is 156 cm³/mol. The van der Waals surface area contributed by atoms with E-state index < -0.39 is 14.8 Å². The van der Waals surface area contributed by atoms with Crippen LogP contribution in [-0.2, 0) is 10.0 Å². The predicted octanol–water partition coefficient (Wildman–Crippen LogP) is 5.50. The van der Waals surface area contributed by atoms with E-state index in [0.29, 0.717) is 29.1 Å². The lowest BCUT2D eigenvalue weighted by Crippen LogP contribution is -2.38. The molecule has 1 saturated heterocycles. The van der Waals surface area contributed by atoms with Gasteiger partial charge in [0, 0.05) is 47.5 Å². The van der Waals surface area contributed by atoms with E-state index in [1.807, 2.05) is 43.3 Å². The molecule has 0 bridgehead atoms. The van der Waals surface area contributed by atoms with Crippen LogP contribution in [0.15, 0.2) is 61.1 Å². The van der Waals surface area contributed by atoms with Gasteiger partial charge in [0.15, 0.2) is 0 Å². The number of hydrogen-bond donors (Lipinski definition) is 3. The van der Waals surface area contributed by atoms with Crippen molar-refractivity contribution in [2.45, 2.75) is 51.3 Å². The largest absolute Gasteiger partial charge is 0.436 e. The summed E-state index contributed by atoms with van der Waals surface area (Å²) in [6.07, 6.45) is 7.20. The van der Waals surface area contributed by atoms with Crippen LogP contribution in [0.25, 0.3) is 22.0 Å². The highest BCUT2D eigenvalue weighted by Crippen LogP contribution is 2.40. The number of anilines is 2. The number of piperidine rings is 1. The Hall–Kier alpha value is -3.76. The number of aryl methyl sites for hydroxylation is 1. The van der Waals surface area contributed by atoms with Crippen molar-refractivity contribution in [2.24, 2.45) is 0 Å². The highest BCUT2D eigenvalue weighted by atomic mass is 32.2. The Morgan fingerprint density at radius 3 is 2.51 bits per heavy atom. The van der Waals surface area contributed by atoms with Crippen molar-refractivity contribution in [1.82, 2.24) is 20.3 Å². The zero-order valence-electron chi connectivity index (χ0n) is 22.7. The number of fused-ring (bicyclic) bond motifs is 1. The van der Waals surface area contributed by atoms with Crippen LogP contribution in [0.3, 0.4) is 0 Å². The average Bonchev–Trinajstić information content (AvgIpc) is 2.91. The minimum absolute atomic E-state index is 0.322. The summed E-state index contributed by atoms with van der Waals surface area (Å²) >= 11 is 0. The maximum Gasteiger partial charge on any atom is 0.246 e. The summed E-state index contributed by atoms with van der Waals surface area (Å²) in [5.41, 5.74) is 2.69. The number of aromatic nitrogens is 3. The van der Waals surface area contributed by atoms with Gasteiger partial charge in [-0.1, -0.05) is 24.3 Å².